The van der Waals surface area contributed by atoms with Crippen LogP contribution in [-0.2, 0) is 11.3 Å². The first-order valence-corrected chi connectivity index (χ1v) is 7.00. The molecule has 1 aliphatic heterocycles. The van der Waals surface area contributed by atoms with Gasteiger partial charge in [-0.15, -0.1) is 0 Å². The lowest BCUT2D eigenvalue weighted by Crippen LogP contribution is -2.32. The summed E-state index contributed by atoms with van der Waals surface area (Å²) in [5, 5.41) is 0. The number of nitrogens with zero attached hydrogens (tertiary/aromatic N) is 1. The first-order chi connectivity index (χ1) is 9.31. The normalized spacial score (nSPS) is 14.5. The number of benzene rings is 1. The second kappa shape index (κ2) is 7.14. The lowest BCUT2D eigenvalue weighted by Gasteiger charge is -2.19. The molecule has 2 N–H and O–H groups in total. The highest BCUT2D eigenvalue weighted by atomic mass is 16.5. The Hall–Kier alpha value is -1.55. The quantitative estimate of drug-likeness (QED) is 0.825. The zero-order valence-electron chi connectivity index (χ0n) is 11.3. The fraction of sp³-hybridized carbons (Fsp3) is 0.533. The number of para-hydroxylation sites is 1. The van der Waals surface area contributed by atoms with Gasteiger partial charge in [-0.3, -0.25) is 4.79 Å². The van der Waals surface area contributed by atoms with Crippen LogP contribution in [0.3, 0.4) is 0 Å². The first-order valence-electron chi connectivity index (χ1n) is 7.00. The van der Waals surface area contributed by atoms with Crippen molar-refractivity contribution in [1.82, 2.24) is 4.90 Å². The Bertz CT molecular complexity index is 420. The van der Waals surface area contributed by atoms with E-state index in [-0.39, 0.29) is 5.91 Å². The summed E-state index contributed by atoms with van der Waals surface area (Å²) >= 11 is 0. The van der Waals surface area contributed by atoms with Crippen molar-refractivity contribution in [3.63, 3.8) is 0 Å². The van der Waals surface area contributed by atoms with E-state index in [2.05, 4.69) is 0 Å². The molecule has 1 aromatic carbocycles. The highest BCUT2D eigenvalue weighted by Crippen LogP contribution is 2.22. The maximum atomic E-state index is 12.2. The molecule has 1 aromatic rings. The third-order valence-corrected chi connectivity index (χ3v) is 3.40. The van der Waals surface area contributed by atoms with Crippen LogP contribution < -0.4 is 10.5 Å². The number of carbonyl (C=O) groups is 1. The van der Waals surface area contributed by atoms with Crippen LogP contribution in [0, 0.1) is 0 Å². The zero-order valence-corrected chi connectivity index (χ0v) is 11.3. The number of rotatable bonds is 5. The maximum Gasteiger partial charge on any atom is 0.222 e. The van der Waals surface area contributed by atoms with E-state index < -0.39 is 0 Å². The minimum Gasteiger partial charge on any atom is -0.491 e. The molecule has 0 bridgehead atoms. The van der Waals surface area contributed by atoms with E-state index in [9.17, 15) is 4.79 Å². The van der Waals surface area contributed by atoms with E-state index in [1.165, 1.54) is 0 Å². The van der Waals surface area contributed by atoms with Gasteiger partial charge in [0, 0.05) is 18.5 Å². The molecule has 0 saturated heterocycles. The van der Waals surface area contributed by atoms with Crippen molar-refractivity contribution in [1.29, 1.82) is 0 Å². The molecule has 0 saturated carbocycles. The lowest BCUT2D eigenvalue weighted by molar-refractivity contribution is -0.132. The average molecular weight is 262 g/mol. The predicted molar refractivity (Wildman–Crippen MR) is 74.9 cm³/mol. The number of hydrogen-bond acceptors (Lipinski definition) is 3. The number of unbranched alkanes of at least 4 members (excludes halogenated alkanes) is 2. The number of nitrogens with two attached hydrogens (primary N) is 1. The molecule has 0 aliphatic carbocycles. The topological polar surface area (TPSA) is 55.6 Å². The van der Waals surface area contributed by atoms with Crippen LogP contribution in [0.2, 0.25) is 0 Å². The highest BCUT2D eigenvalue weighted by molar-refractivity contribution is 5.76. The Morgan fingerprint density at radius 3 is 2.95 bits per heavy atom. The second-order valence-electron chi connectivity index (χ2n) is 4.87. The molecule has 0 aromatic heterocycles. The van der Waals surface area contributed by atoms with Crippen LogP contribution in [0.4, 0.5) is 0 Å². The average Bonchev–Trinajstić information content (AvgIpc) is 2.65. The molecule has 0 unspecified atom stereocenters. The van der Waals surface area contributed by atoms with Crippen LogP contribution in [-0.4, -0.2) is 30.5 Å². The summed E-state index contributed by atoms with van der Waals surface area (Å²) in [4.78, 5) is 14.1. The minimum absolute atomic E-state index is 0.220. The monoisotopic (exact) mass is 262 g/mol. The largest absolute Gasteiger partial charge is 0.491 e. The van der Waals surface area contributed by atoms with Gasteiger partial charge >= 0.3 is 0 Å². The van der Waals surface area contributed by atoms with Gasteiger partial charge in [0.05, 0.1) is 6.54 Å². The summed E-state index contributed by atoms with van der Waals surface area (Å²) in [5.41, 5.74) is 6.54. The van der Waals surface area contributed by atoms with Gasteiger partial charge in [0.2, 0.25) is 5.91 Å². The Labute approximate surface area is 114 Å². The van der Waals surface area contributed by atoms with Gasteiger partial charge in [-0.05, 0) is 25.5 Å². The summed E-state index contributed by atoms with van der Waals surface area (Å²) in [6, 6.07) is 7.93. The molecule has 2 rings (SSSR count). The fourth-order valence-electron chi connectivity index (χ4n) is 2.29. The summed E-state index contributed by atoms with van der Waals surface area (Å²) in [6.07, 6.45) is 3.57. The standard InChI is InChI=1S/C15H22N2O2/c16-9-5-1-2-8-15(18)17-10-11-19-14-7-4-3-6-13(14)12-17/h3-4,6-7H,1-2,5,8-12,16H2. The van der Waals surface area contributed by atoms with Crippen molar-refractivity contribution < 1.29 is 9.53 Å². The second-order valence-corrected chi connectivity index (χ2v) is 4.87. The molecule has 0 fully saturated rings. The molecule has 0 spiro atoms. The molecule has 104 valence electrons. The van der Waals surface area contributed by atoms with Gasteiger partial charge in [0.25, 0.3) is 0 Å². The van der Waals surface area contributed by atoms with Gasteiger partial charge in [0.15, 0.2) is 0 Å². The van der Waals surface area contributed by atoms with Crippen molar-refractivity contribution >= 4 is 5.91 Å². The van der Waals surface area contributed by atoms with Gasteiger partial charge in [-0.25, -0.2) is 0 Å². The molecule has 19 heavy (non-hydrogen) atoms. The van der Waals surface area contributed by atoms with Crippen molar-refractivity contribution in [2.24, 2.45) is 5.73 Å². The van der Waals surface area contributed by atoms with Crippen LogP contribution in [0.5, 0.6) is 5.75 Å². The summed E-state index contributed by atoms with van der Waals surface area (Å²) in [7, 11) is 0. The smallest absolute Gasteiger partial charge is 0.222 e. The third kappa shape index (κ3) is 3.96. The highest BCUT2D eigenvalue weighted by Gasteiger charge is 2.18. The number of hydrogen-bond donors (Lipinski definition) is 1. The van der Waals surface area contributed by atoms with E-state index in [1.54, 1.807) is 0 Å². The molecule has 1 amide bonds. The Balaban J connectivity index is 1.89. The van der Waals surface area contributed by atoms with Gasteiger partial charge < -0.3 is 15.4 Å². The number of carbonyl (C=O) groups excluding carboxylic acids is 1. The molecular formula is C15H22N2O2. The molecule has 4 nitrogen and oxygen atoms in total. The van der Waals surface area contributed by atoms with E-state index in [0.29, 0.717) is 32.7 Å². The molecule has 1 heterocycles. The van der Waals surface area contributed by atoms with Crippen LogP contribution in [0.1, 0.15) is 31.2 Å². The number of amides is 1. The summed E-state index contributed by atoms with van der Waals surface area (Å²) in [6.45, 7) is 2.61. The Kier molecular flexibility index (Phi) is 5.21. The van der Waals surface area contributed by atoms with Crippen molar-refractivity contribution in [2.75, 3.05) is 19.7 Å². The summed E-state index contributed by atoms with van der Waals surface area (Å²) in [5.74, 6) is 1.12. The van der Waals surface area contributed by atoms with E-state index >= 15 is 0 Å². The zero-order chi connectivity index (χ0) is 13.5. The maximum absolute atomic E-state index is 12.2. The van der Waals surface area contributed by atoms with Crippen molar-refractivity contribution in [2.45, 2.75) is 32.2 Å². The lowest BCUT2D eigenvalue weighted by atomic mass is 10.1. The molecule has 1 aliphatic rings. The molecule has 0 atom stereocenters. The Morgan fingerprint density at radius 2 is 2.11 bits per heavy atom. The minimum atomic E-state index is 0.220. The van der Waals surface area contributed by atoms with Crippen molar-refractivity contribution in [3.8, 4) is 5.75 Å². The number of ether oxygens (including phenoxy) is 1. The molecular weight excluding hydrogens is 240 g/mol. The first kappa shape index (κ1) is 13.9. The predicted octanol–water partition coefficient (Wildman–Crippen LogP) is 1.93. The number of fused-ring (bicyclic) bond motifs is 1. The van der Waals surface area contributed by atoms with E-state index in [0.717, 1.165) is 30.6 Å². The van der Waals surface area contributed by atoms with E-state index in [1.807, 2.05) is 29.2 Å². The van der Waals surface area contributed by atoms with Gasteiger partial charge in [-0.1, -0.05) is 24.6 Å². The van der Waals surface area contributed by atoms with Crippen molar-refractivity contribution in [3.05, 3.63) is 29.8 Å². The fourth-order valence-corrected chi connectivity index (χ4v) is 2.29. The van der Waals surface area contributed by atoms with Crippen LogP contribution >= 0.6 is 0 Å². The summed E-state index contributed by atoms with van der Waals surface area (Å²) < 4.78 is 5.66. The molecule has 4 heteroatoms. The van der Waals surface area contributed by atoms with Crippen LogP contribution in [0.25, 0.3) is 0 Å². The van der Waals surface area contributed by atoms with E-state index in [4.69, 9.17) is 10.5 Å². The Morgan fingerprint density at radius 1 is 1.26 bits per heavy atom. The van der Waals surface area contributed by atoms with Gasteiger partial charge in [0.1, 0.15) is 12.4 Å². The van der Waals surface area contributed by atoms with Gasteiger partial charge in [-0.2, -0.15) is 0 Å². The van der Waals surface area contributed by atoms with Crippen LogP contribution in [0.15, 0.2) is 24.3 Å². The SMILES string of the molecule is NCCCCCC(=O)N1CCOc2ccccc2C1. The molecule has 0 radical (unpaired) electrons. The third-order valence-electron chi connectivity index (χ3n) is 3.40.